The van der Waals surface area contributed by atoms with E-state index in [2.05, 4.69) is 27.2 Å². The van der Waals surface area contributed by atoms with Gasteiger partial charge in [-0.1, -0.05) is 42.2 Å². The molecule has 0 unspecified atom stereocenters. The number of thioether (sulfide) groups is 1. The summed E-state index contributed by atoms with van der Waals surface area (Å²) in [4.78, 5) is 13.8. The summed E-state index contributed by atoms with van der Waals surface area (Å²) in [6, 6.07) is 6.23. The molecule has 1 N–H and O–H groups in total. The smallest absolute Gasteiger partial charge is 0.387 e. The van der Waals surface area contributed by atoms with Crippen LogP contribution in [-0.4, -0.2) is 47.0 Å². The highest BCUT2D eigenvalue weighted by molar-refractivity contribution is 8.01. The van der Waals surface area contributed by atoms with Crippen molar-refractivity contribution in [2.75, 3.05) is 24.7 Å². The Labute approximate surface area is 158 Å². The molecule has 2 rings (SSSR count). The van der Waals surface area contributed by atoms with Crippen LogP contribution in [0.4, 0.5) is 13.9 Å². The molecule has 26 heavy (non-hydrogen) atoms. The van der Waals surface area contributed by atoms with Gasteiger partial charge >= 0.3 is 6.61 Å². The summed E-state index contributed by atoms with van der Waals surface area (Å²) in [5.74, 6) is 0.295. The van der Waals surface area contributed by atoms with Crippen LogP contribution >= 0.6 is 23.1 Å². The molecule has 6 nitrogen and oxygen atoms in total. The van der Waals surface area contributed by atoms with Crippen molar-refractivity contribution < 1.29 is 18.3 Å². The van der Waals surface area contributed by atoms with E-state index >= 15 is 0 Å². The topological polar surface area (TPSA) is 67.4 Å². The number of hydrogen-bond donors (Lipinski definition) is 1. The van der Waals surface area contributed by atoms with E-state index in [4.69, 9.17) is 0 Å². The first kappa shape index (κ1) is 20.4. The minimum atomic E-state index is -2.85. The summed E-state index contributed by atoms with van der Waals surface area (Å²) < 4.78 is 29.3. The first-order chi connectivity index (χ1) is 12.5. The van der Waals surface area contributed by atoms with Crippen LogP contribution in [0.5, 0.6) is 5.75 Å². The number of halogens is 2. The number of alkyl halides is 2. The van der Waals surface area contributed by atoms with Crippen molar-refractivity contribution in [3.05, 3.63) is 29.8 Å². The van der Waals surface area contributed by atoms with E-state index in [0.29, 0.717) is 6.54 Å². The summed E-state index contributed by atoms with van der Waals surface area (Å²) >= 11 is 2.76. The van der Waals surface area contributed by atoms with Gasteiger partial charge in [-0.05, 0) is 24.1 Å². The van der Waals surface area contributed by atoms with Crippen molar-refractivity contribution in [1.82, 2.24) is 15.1 Å². The van der Waals surface area contributed by atoms with Gasteiger partial charge in [0.05, 0.1) is 5.75 Å². The molecule has 142 valence electrons. The fourth-order valence-electron chi connectivity index (χ4n) is 1.94. The van der Waals surface area contributed by atoms with Crippen molar-refractivity contribution in [2.24, 2.45) is 0 Å². The van der Waals surface area contributed by atoms with Crippen molar-refractivity contribution in [3.8, 4) is 5.75 Å². The zero-order chi connectivity index (χ0) is 18.9. The second-order valence-corrected chi connectivity index (χ2v) is 7.56. The minimum Gasteiger partial charge on any atom is -0.435 e. The Morgan fingerprint density at radius 2 is 2.08 bits per heavy atom. The van der Waals surface area contributed by atoms with Crippen LogP contribution in [0.1, 0.15) is 18.9 Å². The predicted octanol–water partition coefficient (Wildman–Crippen LogP) is 3.71. The van der Waals surface area contributed by atoms with Gasteiger partial charge in [-0.25, -0.2) is 0 Å². The summed E-state index contributed by atoms with van der Waals surface area (Å²) in [7, 11) is 1.70. The Morgan fingerprint density at radius 3 is 2.73 bits per heavy atom. The monoisotopic (exact) mass is 402 g/mol. The minimum absolute atomic E-state index is 0.0545. The lowest BCUT2D eigenvalue weighted by Gasteiger charge is -2.17. The van der Waals surface area contributed by atoms with Gasteiger partial charge in [0.15, 0.2) is 4.34 Å². The fourth-order valence-corrected chi connectivity index (χ4v) is 3.66. The van der Waals surface area contributed by atoms with E-state index in [9.17, 15) is 13.6 Å². The average molecular weight is 402 g/mol. The summed E-state index contributed by atoms with van der Waals surface area (Å²) in [6.07, 6.45) is 1.00. The van der Waals surface area contributed by atoms with Crippen LogP contribution in [0.15, 0.2) is 28.6 Å². The maximum absolute atomic E-state index is 12.2. The van der Waals surface area contributed by atoms with Crippen LogP contribution in [-0.2, 0) is 11.3 Å². The van der Waals surface area contributed by atoms with Gasteiger partial charge in [0.1, 0.15) is 5.75 Å². The van der Waals surface area contributed by atoms with Crippen LogP contribution < -0.4 is 10.1 Å². The number of amides is 1. The zero-order valence-corrected chi connectivity index (χ0v) is 16.1. The van der Waals surface area contributed by atoms with Crippen molar-refractivity contribution in [2.45, 2.75) is 30.8 Å². The molecule has 0 aliphatic rings. The Hall–Kier alpha value is -1.94. The molecule has 0 aliphatic carbocycles. The second kappa shape index (κ2) is 10.3. The predicted molar refractivity (Wildman–Crippen MR) is 99.0 cm³/mol. The van der Waals surface area contributed by atoms with Crippen molar-refractivity contribution in [1.29, 1.82) is 0 Å². The number of ether oxygens (including phenoxy) is 1. The molecule has 0 atom stereocenters. The lowest BCUT2D eigenvalue weighted by atomic mass is 10.2. The molecule has 0 bridgehead atoms. The summed E-state index contributed by atoms with van der Waals surface area (Å²) in [6.45, 7) is 0.438. The van der Waals surface area contributed by atoms with Crippen LogP contribution in [0, 0.1) is 0 Å². The van der Waals surface area contributed by atoms with E-state index in [0.717, 1.165) is 28.0 Å². The molecule has 10 heteroatoms. The Balaban J connectivity index is 1.79. The van der Waals surface area contributed by atoms with Gasteiger partial charge in [0.25, 0.3) is 0 Å². The Bertz CT molecular complexity index is 698. The molecule has 0 radical (unpaired) electrons. The number of rotatable bonds is 10. The fraction of sp³-hybridized carbons (Fsp3) is 0.438. The molecule has 0 aliphatic heterocycles. The van der Waals surface area contributed by atoms with E-state index in [1.807, 2.05) is 0 Å². The second-order valence-electron chi connectivity index (χ2n) is 5.36. The van der Waals surface area contributed by atoms with E-state index in [-0.39, 0.29) is 17.4 Å². The van der Waals surface area contributed by atoms with Crippen molar-refractivity contribution in [3.63, 3.8) is 0 Å². The largest absolute Gasteiger partial charge is 0.435 e. The number of nitrogens with zero attached hydrogens (tertiary/aromatic N) is 3. The average Bonchev–Trinajstić information content (AvgIpc) is 3.07. The third-order valence-corrected chi connectivity index (χ3v) is 5.24. The molecule has 1 amide bonds. The molecule has 0 fully saturated rings. The van der Waals surface area contributed by atoms with Gasteiger partial charge in [0.2, 0.25) is 11.0 Å². The van der Waals surface area contributed by atoms with E-state index in [1.54, 1.807) is 24.1 Å². The van der Waals surface area contributed by atoms with E-state index < -0.39 is 6.61 Å². The van der Waals surface area contributed by atoms with Gasteiger partial charge in [-0.3, -0.25) is 4.79 Å². The maximum Gasteiger partial charge on any atom is 0.387 e. The lowest BCUT2D eigenvalue weighted by molar-refractivity contribution is -0.127. The highest BCUT2D eigenvalue weighted by Crippen LogP contribution is 2.25. The molecule has 0 saturated heterocycles. The summed E-state index contributed by atoms with van der Waals surface area (Å²) in [5.41, 5.74) is 0.828. The first-order valence-electron chi connectivity index (χ1n) is 7.95. The third kappa shape index (κ3) is 6.75. The number of aromatic nitrogens is 2. The van der Waals surface area contributed by atoms with Gasteiger partial charge in [0, 0.05) is 20.1 Å². The molecule has 0 spiro atoms. The standard InChI is InChI=1S/C16H20F2N4O2S2/c1-3-8-19-15-20-21-16(26-15)25-10-13(23)22(2)9-11-4-6-12(7-5-11)24-14(17)18/h4-7,14H,3,8-10H2,1-2H3,(H,19,20). The number of nitrogens with one attached hydrogen (secondary N) is 1. The molecule has 0 saturated carbocycles. The number of benzene rings is 1. The van der Waals surface area contributed by atoms with Crippen LogP contribution in [0.25, 0.3) is 0 Å². The lowest BCUT2D eigenvalue weighted by Crippen LogP contribution is -2.27. The number of hydrogen-bond acceptors (Lipinski definition) is 7. The number of anilines is 1. The highest BCUT2D eigenvalue weighted by Gasteiger charge is 2.13. The maximum atomic E-state index is 12.2. The third-order valence-electron chi connectivity index (χ3n) is 3.25. The summed E-state index contributed by atoms with van der Waals surface area (Å²) in [5, 5.41) is 12.0. The SMILES string of the molecule is CCCNc1nnc(SCC(=O)N(C)Cc2ccc(OC(F)F)cc2)s1. The van der Waals surface area contributed by atoms with Gasteiger partial charge < -0.3 is 15.0 Å². The molecule has 2 aromatic rings. The van der Waals surface area contributed by atoms with Crippen LogP contribution in [0.3, 0.4) is 0 Å². The number of carbonyl (C=O) groups excluding carboxylic acids is 1. The molecule has 1 heterocycles. The van der Waals surface area contributed by atoms with E-state index in [1.165, 1.54) is 35.2 Å². The zero-order valence-electron chi connectivity index (χ0n) is 14.4. The molecular weight excluding hydrogens is 382 g/mol. The van der Waals surface area contributed by atoms with Gasteiger partial charge in [-0.2, -0.15) is 8.78 Å². The molecular formula is C16H20F2N4O2S2. The number of carbonyl (C=O) groups is 1. The quantitative estimate of drug-likeness (QED) is 0.611. The highest BCUT2D eigenvalue weighted by atomic mass is 32.2. The Kier molecular flexibility index (Phi) is 8.05. The van der Waals surface area contributed by atoms with Crippen molar-refractivity contribution >= 4 is 34.1 Å². The molecule has 1 aromatic heterocycles. The first-order valence-corrected chi connectivity index (χ1v) is 9.76. The Morgan fingerprint density at radius 1 is 1.35 bits per heavy atom. The van der Waals surface area contributed by atoms with Gasteiger partial charge in [-0.15, -0.1) is 10.2 Å². The molecule has 1 aromatic carbocycles. The normalized spacial score (nSPS) is 10.8. The van der Waals surface area contributed by atoms with Crippen LogP contribution in [0.2, 0.25) is 0 Å².